The fraction of sp³-hybridized carbons (Fsp3) is 0.467. The third kappa shape index (κ3) is 5.11. The zero-order valence-corrected chi connectivity index (χ0v) is 23.2. The third-order valence-corrected chi connectivity index (χ3v) is 9.57. The molecule has 7 rings (SSSR count). The smallest absolute Gasteiger partial charge is 0.256 e. The van der Waals surface area contributed by atoms with Crippen molar-refractivity contribution in [3.8, 4) is 0 Å². The molecule has 2 unspecified atom stereocenters. The molecule has 2 aliphatic heterocycles. The molecule has 8 nitrogen and oxygen atoms in total. The van der Waals surface area contributed by atoms with Crippen molar-refractivity contribution in [3.63, 3.8) is 0 Å². The number of likely N-dealkylation sites (tertiary alicyclic amines) is 1. The van der Waals surface area contributed by atoms with Gasteiger partial charge in [-0.3, -0.25) is 9.36 Å². The van der Waals surface area contributed by atoms with Gasteiger partial charge < -0.3 is 15.5 Å². The van der Waals surface area contributed by atoms with Crippen molar-refractivity contribution in [3.05, 3.63) is 74.6 Å². The number of nitrogens with one attached hydrogen (secondary N) is 2. The van der Waals surface area contributed by atoms with Crippen LogP contribution in [0.1, 0.15) is 71.4 Å². The molecule has 3 aliphatic rings. The van der Waals surface area contributed by atoms with Crippen molar-refractivity contribution in [1.82, 2.24) is 29.1 Å². The van der Waals surface area contributed by atoms with E-state index in [1.54, 1.807) is 11.5 Å². The molecular formula is C30H35N7OS. The second kappa shape index (κ2) is 10.4. The Bertz CT molecular complexity index is 1540. The number of hydrogen-bond acceptors (Lipinski definition) is 8. The summed E-state index contributed by atoms with van der Waals surface area (Å²) in [6.07, 6.45) is 9.54. The summed E-state index contributed by atoms with van der Waals surface area (Å²) in [7, 11) is 2.20. The second-order valence-corrected chi connectivity index (χ2v) is 12.3. The normalized spacial score (nSPS) is 22.0. The zero-order valence-electron chi connectivity index (χ0n) is 22.4. The van der Waals surface area contributed by atoms with E-state index in [2.05, 4.69) is 56.2 Å². The summed E-state index contributed by atoms with van der Waals surface area (Å²) in [5.41, 5.74) is 5.09. The Hall–Kier alpha value is -3.14. The Morgan fingerprint density at radius 2 is 1.95 bits per heavy atom. The minimum absolute atomic E-state index is 0.0677. The van der Waals surface area contributed by atoms with Gasteiger partial charge in [-0.1, -0.05) is 12.1 Å². The molecule has 0 radical (unpaired) electrons. The summed E-state index contributed by atoms with van der Waals surface area (Å²) < 4.78 is 6.37. The molecule has 9 heteroatoms. The van der Waals surface area contributed by atoms with E-state index in [4.69, 9.17) is 4.98 Å². The van der Waals surface area contributed by atoms with Crippen LogP contribution in [0.2, 0.25) is 0 Å². The van der Waals surface area contributed by atoms with Gasteiger partial charge >= 0.3 is 0 Å². The molecule has 39 heavy (non-hydrogen) atoms. The van der Waals surface area contributed by atoms with Gasteiger partial charge in [0.2, 0.25) is 5.95 Å². The summed E-state index contributed by atoms with van der Waals surface area (Å²) >= 11 is 1.56. The average Bonchev–Trinajstić information content (AvgIpc) is 3.44. The summed E-state index contributed by atoms with van der Waals surface area (Å²) in [5.74, 6) is 1.90. The highest BCUT2D eigenvalue weighted by Gasteiger charge is 2.29. The number of rotatable bonds is 7. The van der Waals surface area contributed by atoms with Gasteiger partial charge in [0.25, 0.3) is 5.56 Å². The van der Waals surface area contributed by atoms with Crippen molar-refractivity contribution < 1.29 is 0 Å². The fourth-order valence-corrected chi connectivity index (χ4v) is 7.13. The van der Waals surface area contributed by atoms with E-state index >= 15 is 0 Å². The van der Waals surface area contributed by atoms with Gasteiger partial charge in [0.1, 0.15) is 5.65 Å². The Balaban J connectivity index is 1.20. The third-order valence-electron chi connectivity index (χ3n) is 8.57. The Labute approximate surface area is 232 Å². The van der Waals surface area contributed by atoms with E-state index < -0.39 is 0 Å². The van der Waals surface area contributed by atoms with Gasteiger partial charge in [-0.25, -0.2) is 9.36 Å². The number of benzene rings is 1. The number of fused-ring (bicyclic) bond motifs is 1. The lowest BCUT2D eigenvalue weighted by molar-refractivity contribution is 0.251. The van der Waals surface area contributed by atoms with Crippen LogP contribution in [0.5, 0.6) is 0 Å². The number of nitrogens with zero attached hydrogens (tertiary/aromatic N) is 5. The lowest BCUT2D eigenvalue weighted by Gasteiger charge is -2.30. The van der Waals surface area contributed by atoms with Crippen LogP contribution in [0.3, 0.4) is 0 Å². The van der Waals surface area contributed by atoms with Crippen molar-refractivity contribution >= 4 is 34.2 Å². The maximum absolute atomic E-state index is 13.8. The van der Waals surface area contributed by atoms with E-state index in [0.717, 1.165) is 61.1 Å². The van der Waals surface area contributed by atoms with E-state index in [9.17, 15) is 4.79 Å². The molecule has 3 fully saturated rings. The predicted molar refractivity (Wildman–Crippen MR) is 156 cm³/mol. The topological polar surface area (TPSA) is 88.0 Å². The average molecular weight is 542 g/mol. The molecule has 2 atom stereocenters. The summed E-state index contributed by atoms with van der Waals surface area (Å²) in [6.45, 7) is 4.78. The van der Waals surface area contributed by atoms with Gasteiger partial charge in [0.05, 0.1) is 6.54 Å². The molecule has 1 saturated carbocycles. The van der Waals surface area contributed by atoms with Crippen LogP contribution in [-0.4, -0.2) is 57.0 Å². The van der Waals surface area contributed by atoms with E-state index in [1.807, 2.05) is 23.0 Å². The highest BCUT2D eigenvalue weighted by atomic mass is 32.1. The largest absolute Gasteiger partial charge is 0.324 e. The minimum Gasteiger partial charge on any atom is -0.324 e. The van der Waals surface area contributed by atoms with Crippen molar-refractivity contribution in [1.29, 1.82) is 0 Å². The number of hydrogen-bond donors (Lipinski definition) is 2. The highest BCUT2D eigenvalue weighted by molar-refractivity contribution is 7.06. The summed E-state index contributed by atoms with van der Waals surface area (Å²) in [5, 5.41) is 7.75. The molecule has 0 amide bonds. The van der Waals surface area contributed by atoms with E-state index in [1.165, 1.54) is 29.8 Å². The molecule has 2 saturated heterocycles. The predicted octanol–water partition coefficient (Wildman–Crippen LogP) is 4.80. The van der Waals surface area contributed by atoms with Gasteiger partial charge in [-0.15, -0.1) is 0 Å². The lowest BCUT2D eigenvalue weighted by Crippen LogP contribution is -2.30. The zero-order chi connectivity index (χ0) is 26.3. The molecule has 3 aromatic heterocycles. The van der Waals surface area contributed by atoms with Crippen molar-refractivity contribution in [2.24, 2.45) is 0 Å². The summed E-state index contributed by atoms with van der Waals surface area (Å²) in [4.78, 5) is 27.0. The van der Waals surface area contributed by atoms with Crippen LogP contribution in [0.25, 0.3) is 11.0 Å². The Morgan fingerprint density at radius 3 is 2.72 bits per heavy atom. The first-order valence-corrected chi connectivity index (χ1v) is 15.0. The number of piperidine rings is 1. The molecule has 2 N–H and O–H groups in total. The Kier molecular flexibility index (Phi) is 6.66. The van der Waals surface area contributed by atoms with Gasteiger partial charge in [0, 0.05) is 58.5 Å². The molecule has 4 aromatic rings. The molecule has 0 spiro atoms. The maximum atomic E-state index is 13.8. The van der Waals surface area contributed by atoms with Gasteiger partial charge in [-0.2, -0.15) is 4.98 Å². The molecule has 0 bridgehead atoms. The fourth-order valence-electron chi connectivity index (χ4n) is 6.25. The molecule has 202 valence electrons. The second-order valence-electron chi connectivity index (χ2n) is 11.5. The number of anilines is 2. The van der Waals surface area contributed by atoms with E-state index in [0.29, 0.717) is 35.9 Å². The van der Waals surface area contributed by atoms with Crippen molar-refractivity contribution in [2.45, 2.75) is 56.4 Å². The first-order valence-electron chi connectivity index (χ1n) is 14.2. The van der Waals surface area contributed by atoms with Gasteiger partial charge in [-0.05, 0) is 99.4 Å². The Morgan fingerprint density at radius 1 is 1.08 bits per heavy atom. The van der Waals surface area contributed by atoms with Crippen LogP contribution >= 0.6 is 11.5 Å². The van der Waals surface area contributed by atoms with Crippen LogP contribution in [0, 0.1) is 0 Å². The quantitative estimate of drug-likeness (QED) is 0.347. The van der Waals surface area contributed by atoms with Crippen LogP contribution in [0.4, 0.5) is 11.6 Å². The van der Waals surface area contributed by atoms with Crippen molar-refractivity contribution in [2.75, 3.05) is 38.5 Å². The van der Waals surface area contributed by atoms with Crippen LogP contribution in [-0.2, 0) is 6.54 Å². The molecule has 5 heterocycles. The molecular weight excluding hydrogens is 506 g/mol. The van der Waals surface area contributed by atoms with E-state index in [-0.39, 0.29) is 5.56 Å². The SMILES string of the molecule is CN1CCCC(c2ccc(Nc3ncc4cc(C5CC5)c(=O)n(Cc5cnsc5C5CCNC5)c4n3)cc2)C1. The number of likely N-dealkylation sites (N-methyl/N-ethyl adjacent to an activating group) is 1. The van der Waals surface area contributed by atoms with Gasteiger partial charge in [0.15, 0.2) is 0 Å². The monoisotopic (exact) mass is 541 g/mol. The highest BCUT2D eigenvalue weighted by Crippen LogP contribution is 2.39. The number of pyridine rings is 1. The van der Waals surface area contributed by atoms with Crippen LogP contribution in [0.15, 0.2) is 47.5 Å². The molecule has 1 aliphatic carbocycles. The number of aromatic nitrogens is 4. The molecule has 1 aromatic carbocycles. The maximum Gasteiger partial charge on any atom is 0.256 e. The first-order chi connectivity index (χ1) is 19.1. The standard InChI is InChI=1S/C30H35N7OS/c1-36-12-2-3-22(17-36)19-6-8-25(9-7-19)34-30-32-15-23-13-26(20-4-5-20)29(38)37(28(23)35-30)18-24-16-33-39-27(24)21-10-11-31-14-21/h6-9,13,15-16,20-22,31H,2-5,10-12,14,17-18H2,1H3,(H,32,34,35). The first kappa shape index (κ1) is 24.9. The van der Waals surface area contributed by atoms with Crippen LogP contribution < -0.4 is 16.2 Å². The minimum atomic E-state index is 0.0677. The summed E-state index contributed by atoms with van der Waals surface area (Å²) in [6, 6.07) is 10.7. The lowest BCUT2D eigenvalue weighted by atomic mass is 9.91.